The molecule has 3 aromatic heterocycles. The second-order valence-electron chi connectivity index (χ2n) is 11.1. The minimum atomic E-state index is -0.805. The lowest BCUT2D eigenvalue weighted by atomic mass is 9.95. The minimum absolute atomic E-state index is 0.0160. The van der Waals surface area contributed by atoms with Gasteiger partial charge in [-0.1, -0.05) is 12.6 Å². The van der Waals surface area contributed by atoms with Crippen molar-refractivity contribution in [1.29, 1.82) is 0 Å². The van der Waals surface area contributed by atoms with Gasteiger partial charge in [-0.2, -0.15) is 5.10 Å². The number of hydrogen-bond acceptors (Lipinski definition) is 7. The van der Waals surface area contributed by atoms with E-state index in [0.29, 0.717) is 52.5 Å². The number of aromatic nitrogens is 3. The summed E-state index contributed by atoms with van der Waals surface area (Å²) in [5.74, 6) is -1.87. The number of carbonyl (C=O) groups is 2. The number of ether oxygens (including phenoxy) is 2. The number of rotatable bonds is 8. The largest absolute Gasteiger partial charge is 0.490 e. The fourth-order valence-electron chi connectivity index (χ4n) is 6.22. The molecule has 5 aromatic rings. The highest BCUT2D eigenvalue weighted by Gasteiger charge is 2.31. The van der Waals surface area contributed by atoms with Crippen molar-refractivity contribution in [2.24, 2.45) is 0 Å². The van der Waals surface area contributed by atoms with Crippen molar-refractivity contribution in [2.75, 3.05) is 26.9 Å². The Morgan fingerprint density at radius 3 is 2.78 bits per heavy atom. The maximum atomic E-state index is 16.0. The van der Waals surface area contributed by atoms with E-state index in [1.165, 1.54) is 24.5 Å². The normalized spacial score (nSPS) is 15.5. The van der Waals surface area contributed by atoms with Crippen molar-refractivity contribution in [3.63, 3.8) is 0 Å². The SMILES string of the molecule is C=CC(=O)N1CCn2nc(-c3nc(-c4ccc5c(c4)CNC5=O)c4ccsc4c3-c3c(F)cc(F)cc3OCCOC)cc2[C@@H]1C. The van der Waals surface area contributed by atoms with Crippen molar-refractivity contribution in [3.8, 4) is 39.5 Å². The molecule has 9 nitrogen and oxygen atoms in total. The Morgan fingerprint density at radius 2 is 1.98 bits per heavy atom. The van der Waals surface area contributed by atoms with Gasteiger partial charge in [-0.05, 0) is 48.2 Å². The summed E-state index contributed by atoms with van der Waals surface area (Å²) in [5.41, 5.74) is 4.98. The van der Waals surface area contributed by atoms with Crippen molar-refractivity contribution in [1.82, 2.24) is 25.0 Å². The van der Waals surface area contributed by atoms with Gasteiger partial charge in [0, 0.05) is 59.1 Å². The highest BCUT2D eigenvalue weighted by atomic mass is 32.1. The molecule has 1 N–H and O–H groups in total. The average Bonchev–Trinajstić information content (AvgIpc) is 3.79. The van der Waals surface area contributed by atoms with E-state index in [4.69, 9.17) is 19.6 Å². The van der Waals surface area contributed by atoms with Crippen molar-refractivity contribution < 1.29 is 27.8 Å². The van der Waals surface area contributed by atoms with Gasteiger partial charge >= 0.3 is 0 Å². The monoisotopic (exact) mass is 641 g/mol. The summed E-state index contributed by atoms with van der Waals surface area (Å²) in [5, 5.41) is 10.4. The summed E-state index contributed by atoms with van der Waals surface area (Å²) in [6.07, 6.45) is 1.29. The number of benzene rings is 2. The van der Waals surface area contributed by atoms with Crippen LogP contribution in [0.3, 0.4) is 0 Å². The molecule has 2 aromatic carbocycles. The third kappa shape index (κ3) is 4.94. The molecule has 12 heteroatoms. The molecule has 7 rings (SSSR count). The lowest BCUT2D eigenvalue weighted by Gasteiger charge is -2.33. The van der Waals surface area contributed by atoms with Gasteiger partial charge in [-0.25, -0.2) is 13.8 Å². The van der Waals surface area contributed by atoms with Crippen LogP contribution in [0.4, 0.5) is 8.78 Å². The number of amides is 2. The Labute approximate surface area is 267 Å². The zero-order valence-electron chi connectivity index (χ0n) is 25.1. The number of methoxy groups -OCH3 is 1. The van der Waals surface area contributed by atoms with E-state index in [1.54, 1.807) is 11.0 Å². The molecule has 0 unspecified atom stereocenters. The van der Waals surface area contributed by atoms with Gasteiger partial charge in [0.15, 0.2) is 0 Å². The molecule has 0 fully saturated rings. The van der Waals surface area contributed by atoms with Gasteiger partial charge in [0.2, 0.25) is 5.91 Å². The fourth-order valence-corrected chi connectivity index (χ4v) is 7.17. The number of pyridine rings is 1. The molecule has 5 heterocycles. The van der Waals surface area contributed by atoms with Crippen LogP contribution in [0.25, 0.3) is 43.9 Å². The first-order chi connectivity index (χ1) is 22.3. The number of nitrogens with zero attached hydrogens (tertiary/aromatic N) is 4. The highest BCUT2D eigenvalue weighted by molar-refractivity contribution is 7.18. The highest BCUT2D eigenvalue weighted by Crippen LogP contribution is 2.47. The second-order valence-corrected chi connectivity index (χ2v) is 12.0. The first kappa shape index (κ1) is 29.8. The lowest BCUT2D eigenvalue weighted by Crippen LogP contribution is -2.40. The molecule has 0 saturated heterocycles. The summed E-state index contributed by atoms with van der Waals surface area (Å²) in [4.78, 5) is 31.7. The lowest BCUT2D eigenvalue weighted by molar-refractivity contribution is -0.129. The summed E-state index contributed by atoms with van der Waals surface area (Å²) in [7, 11) is 1.52. The van der Waals surface area contributed by atoms with E-state index in [9.17, 15) is 14.0 Å². The number of fused-ring (bicyclic) bond motifs is 3. The van der Waals surface area contributed by atoms with Crippen LogP contribution in [-0.4, -0.2) is 58.3 Å². The quantitative estimate of drug-likeness (QED) is 0.162. The summed E-state index contributed by atoms with van der Waals surface area (Å²) < 4.78 is 44.2. The van der Waals surface area contributed by atoms with Crippen LogP contribution < -0.4 is 10.1 Å². The molecule has 2 aliphatic rings. The summed E-state index contributed by atoms with van der Waals surface area (Å²) >= 11 is 1.40. The molecular formula is C34H29F2N5O4S. The Bertz CT molecular complexity index is 2060. The smallest absolute Gasteiger partial charge is 0.251 e. The molecular weight excluding hydrogens is 612 g/mol. The molecule has 2 amide bonds. The summed E-state index contributed by atoms with van der Waals surface area (Å²) in [6.45, 7) is 7.15. The molecule has 46 heavy (non-hydrogen) atoms. The van der Waals surface area contributed by atoms with Gasteiger partial charge in [-0.15, -0.1) is 11.3 Å². The van der Waals surface area contributed by atoms with E-state index in [-0.39, 0.29) is 42.4 Å². The van der Waals surface area contributed by atoms with E-state index < -0.39 is 11.6 Å². The molecule has 2 aliphatic heterocycles. The van der Waals surface area contributed by atoms with E-state index in [0.717, 1.165) is 34.3 Å². The Morgan fingerprint density at radius 1 is 1.13 bits per heavy atom. The molecule has 234 valence electrons. The van der Waals surface area contributed by atoms with Crippen LogP contribution >= 0.6 is 11.3 Å². The third-order valence-electron chi connectivity index (χ3n) is 8.44. The standard InChI is InChI=1S/C34H29F2N5O4S/c1-4-28(42)40-8-9-41-26(18(40)2)16-25(39-41)32-30(29-24(36)14-21(35)15-27(29)45-11-10-44-3)33-23(7-12-46-33)31(38-32)19-5-6-22-20(13-19)17-37-34(22)43/h4-7,12-16,18H,1,8-11,17H2,2-3H3,(H,37,43)/t18-/m0/s1. The number of nitrogens with one attached hydrogen (secondary N) is 1. The number of carbonyl (C=O) groups excluding carboxylic acids is 2. The third-order valence-corrected chi connectivity index (χ3v) is 9.38. The average molecular weight is 642 g/mol. The second kappa shape index (κ2) is 11.8. The summed E-state index contributed by atoms with van der Waals surface area (Å²) in [6, 6.07) is 11.0. The zero-order valence-corrected chi connectivity index (χ0v) is 25.9. The fraction of sp³-hybridized carbons (Fsp3) is 0.235. The molecule has 1 atom stereocenters. The van der Waals surface area contributed by atoms with E-state index in [2.05, 4.69) is 11.9 Å². The Balaban J connectivity index is 1.49. The van der Waals surface area contributed by atoms with Crippen molar-refractivity contribution in [2.45, 2.75) is 26.1 Å². The van der Waals surface area contributed by atoms with Crippen LogP contribution in [-0.2, 0) is 22.6 Å². The predicted octanol–water partition coefficient (Wildman–Crippen LogP) is 6.13. The zero-order chi connectivity index (χ0) is 32.1. The van der Waals surface area contributed by atoms with Gasteiger partial charge in [-0.3, -0.25) is 14.3 Å². The number of hydrogen-bond donors (Lipinski definition) is 1. The topological polar surface area (TPSA) is 98.6 Å². The maximum Gasteiger partial charge on any atom is 0.251 e. The molecule has 0 saturated carbocycles. The van der Waals surface area contributed by atoms with Crippen LogP contribution in [0.15, 0.2) is 60.5 Å². The molecule has 0 bridgehead atoms. The number of thiophene rings is 1. The van der Waals surface area contributed by atoms with Crippen molar-refractivity contribution >= 4 is 33.2 Å². The predicted molar refractivity (Wildman–Crippen MR) is 170 cm³/mol. The van der Waals surface area contributed by atoms with Crippen LogP contribution in [0.1, 0.15) is 34.6 Å². The van der Waals surface area contributed by atoms with Crippen molar-refractivity contribution in [3.05, 3.63) is 89.0 Å². The molecule has 0 aliphatic carbocycles. The first-order valence-corrected chi connectivity index (χ1v) is 15.6. The van der Waals surface area contributed by atoms with Gasteiger partial charge in [0.1, 0.15) is 35.4 Å². The first-order valence-electron chi connectivity index (χ1n) is 14.7. The van der Waals surface area contributed by atoms with Gasteiger partial charge in [0.25, 0.3) is 5.91 Å². The van der Waals surface area contributed by atoms with Crippen LogP contribution in [0.5, 0.6) is 5.75 Å². The molecule has 0 spiro atoms. The Hall–Kier alpha value is -4.94. The van der Waals surface area contributed by atoms with Crippen LogP contribution in [0, 0.1) is 11.6 Å². The minimum Gasteiger partial charge on any atom is -0.490 e. The van der Waals surface area contributed by atoms with Gasteiger partial charge in [0.05, 0.1) is 36.1 Å². The van der Waals surface area contributed by atoms with Gasteiger partial charge < -0.3 is 19.7 Å². The maximum absolute atomic E-state index is 16.0. The van der Waals surface area contributed by atoms with E-state index >= 15 is 4.39 Å². The molecule has 0 radical (unpaired) electrons. The number of halogens is 2. The van der Waals surface area contributed by atoms with E-state index in [1.807, 2.05) is 41.3 Å². The van der Waals surface area contributed by atoms with Crippen LogP contribution in [0.2, 0.25) is 0 Å². The Kier molecular flexibility index (Phi) is 7.61.